The average molecular weight is 286 g/mol. The van der Waals surface area contributed by atoms with Crippen molar-refractivity contribution in [3.8, 4) is 5.75 Å². The smallest absolute Gasteiger partial charge is 0.262 e. The number of hydrogen-bond acceptors (Lipinski definition) is 4. The molecule has 1 aromatic carbocycles. The first-order valence-electron chi connectivity index (χ1n) is 6.65. The molecule has 5 heteroatoms. The zero-order valence-electron chi connectivity index (χ0n) is 12.1. The van der Waals surface area contributed by atoms with Gasteiger partial charge in [-0.15, -0.1) is 0 Å². The highest BCUT2D eigenvalue weighted by Crippen LogP contribution is 2.18. The first-order chi connectivity index (χ1) is 10.1. The first-order valence-corrected chi connectivity index (χ1v) is 6.65. The van der Waals surface area contributed by atoms with E-state index < -0.39 is 0 Å². The monoisotopic (exact) mass is 286 g/mol. The van der Waals surface area contributed by atoms with Crippen LogP contribution in [0.15, 0.2) is 36.5 Å². The van der Waals surface area contributed by atoms with E-state index in [1.165, 1.54) is 6.20 Å². The maximum Gasteiger partial charge on any atom is 0.262 e. The van der Waals surface area contributed by atoms with E-state index in [-0.39, 0.29) is 19.1 Å². The Balaban J connectivity index is 1.91. The van der Waals surface area contributed by atoms with E-state index >= 15 is 0 Å². The molecule has 110 valence electrons. The highest BCUT2D eigenvalue weighted by molar-refractivity contribution is 5.92. The predicted octanol–water partition coefficient (Wildman–Crippen LogP) is 2.21. The van der Waals surface area contributed by atoms with Gasteiger partial charge in [0.2, 0.25) is 0 Å². The van der Waals surface area contributed by atoms with Gasteiger partial charge >= 0.3 is 0 Å². The van der Waals surface area contributed by atoms with Crippen LogP contribution in [0.25, 0.3) is 0 Å². The number of aromatic nitrogens is 1. The minimum Gasteiger partial charge on any atom is -0.482 e. The normalized spacial score (nSPS) is 10.2. The molecule has 1 aromatic heterocycles. The van der Waals surface area contributed by atoms with Crippen LogP contribution < -0.4 is 10.1 Å². The van der Waals surface area contributed by atoms with Crippen molar-refractivity contribution in [2.45, 2.75) is 20.5 Å². The predicted molar refractivity (Wildman–Crippen MR) is 80.2 cm³/mol. The SMILES string of the molecule is Cc1cccc(NC(=O)COc2ccc(CO)nc2)c1C. The molecular formula is C16H18N2O3. The van der Waals surface area contributed by atoms with Crippen LogP contribution in [0.1, 0.15) is 16.8 Å². The number of aryl methyl sites for hydroxylation is 1. The summed E-state index contributed by atoms with van der Waals surface area (Å²) in [4.78, 5) is 15.9. The van der Waals surface area contributed by atoms with Crippen molar-refractivity contribution in [3.05, 3.63) is 53.3 Å². The zero-order chi connectivity index (χ0) is 15.2. The molecule has 0 fully saturated rings. The molecular weight excluding hydrogens is 268 g/mol. The summed E-state index contributed by atoms with van der Waals surface area (Å²) in [5, 5.41) is 11.7. The molecule has 0 aliphatic rings. The molecule has 0 bridgehead atoms. The number of carbonyl (C=O) groups is 1. The van der Waals surface area contributed by atoms with Crippen molar-refractivity contribution in [1.82, 2.24) is 4.98 Å². The van der Waals surface area contributed by atoms with E-state index in [9.17, 15) is 4.79 Å². The summed E-state index contributed by atoms with van der Waals surface area (Å²) in [5.41, 5.74) is 3.51. The number of anilines is 1. The molecule has 0 saturated carbocycles. The van der Waals surface area contributed by atoms with Gasteiger partial charge in [0, 0.05) is 5.69 Å². The number of carbonyl (C=O) groups excluding carboxylic acids is 1. The summed E-state index contributed by atoms with van der Waals surface area (Å²) < 4.78 is 5.35. The van der Waals surface area contributed by atoms with Crippen LogP contribution in [0.3, 0.4) is 0 Å². The highest BCUT2D eigenvalue weighted by Gasteiger charge is 2.07. The van der Waals surface area contributed by atoms with Crippen molar-refractivity contribution < 1.29 is 14.6 Å². The van der Waals surface area contributed by atoms with Crippen LogP contribution in [-0.2, 0) is 11.4 Å². The zero-order valence-corrected chi connectivity index (χ0v) is 12.1. The fourth-order valence-corrected chi connectivity index (χ4v) is 1.81. The van der Waals surface area contributed by atoms with Crippen molar-refractivity contribution in [2.24, 2.45) is 0 Å². The molecule has 5 nitrogen and oxygen atoms in total. The Morgan fingerprint density at radius 3 is 2.76 bits per heavy atom. The molecule has 1 heterocycles. The van der Waals surface area contributed by atoms with E-state index in [0.717, 1.165) is 16.8 Å². The lowest BCUT2D eigenvalue weighted by Gasteiger charge is -2.11. The Labute approximate surface area is 123 Å². The van der Waals surface area contributed by atoms with Gasteiger partial charge in [-0.1, -0.05) is 12.1 Å². The van der Waals surface area contributed by atoms with Crippen LogP contribution in [0.5, 0.6) is 5.75 Å². The minimum atomic E-state index is -0.227. The van der Waals surface area contributed by atoms with Gasteiger partial charge in [-0.05, 0) is 43.2 Å². The second-order valence-electron chi connectivity index (χ2n) is 4.73. The Morgan fingerprint density at radius 1 is 1.29 bits per heavy atom. The van der Waals surface area contributed by atoms with Crippen LogP contribution in [0, 0.1) is 13.8 Å². The molecule has 1 amide bonds. The van der Waals surface area contributed by atoms with E-state index in [0.29, 0.717) is 11.4 Å². The Hall–Kier alpha value is -2.40. The number of amides is 1. The van der Waals surface area contributed by atoms with E-state index in [1.54, 1.807) is 12.1 Å². The number of nitrogens with one attached hydrogen (secondary N) is 1. The fraction of sp³-hybridized carbons (Fsp3) is 0.250. The standard InChI is InChI=1S/C16H18N2O3/c1-11-4-3-5-15(12(11)2)18-16(20)10-21-14-7-6-13(9-19)17-8-14/h3-8,19H,9-10H2,1-2H3,(H,18,20). The van der Waals surface area contributed by atoms with Crippen molar-refractivity contribution in [3.63, 3.8) is 0 Å². The van der Waals surface area contributed by atoms with Crippen LogP contribution in [0.4, 0.5) is 5.69 Å². The number of ether oxygens (including phenoxy) is 1. The average Bonchev–Trinajstić information content (AvgIpc) is 2.50. The number of nitrogens with zero attached hydrogens (tertiary/aromatic N) is 1. The molecule has 0 spiro atoms. The lowest BCUT2D eigenvalue weighted by Crippen LogP contribution is -2.20. The molecule has 0 saturated heterocycles. The lowest BCUT2D eigenvalue weighted by molar-refractivity contribution is -0.118. The van der Waals surface area contributed by atoms with E-state index in [1.807, 2.05) is 32.0 Å². The highest BCUT2D eigenvalue weighted by atomic mass is 16.5. The van der Waals surface area contributed by atoms with Gasteiger partial charge in [0.25, 0.3) is 5.91 Å². The second kappa shape index (κ2) is 6.85. The minimum absolute atomic E-state index is 0.0897. The Kier molecular flexibility index (Phi) is 4.90. The van der Waals surface area contributed by atoms with E-state index in [4.69, 9.17) is 9.84 Å². The Bertz CT molecular complexity index is 624. The summed E-state index contributed by atoms with van der Waals surface area (Å²) in [6.07, 6.45) is 1.48. The molecule has 0 atom stereocenters. The molecule has 2 N–H and O–H groups in total. The third-order valence-electron chi connectivity index (χ3n) is 3.21. The molecule has 21 heavy (non-hydrogen) atoms. The van der Waals surface area contributed by atoms with Gasteiger partial charge in [0.05, 0.1) is 18.5 Å². The largest absolute Gasteiger partial charge is 0.482 e. The molecule has 2 rings (SSSR count). The summed E-state index contributed by atoms with van der Waals surface area (Å²) >= 11 is 0. The number of aliphatic hydroxyl groups excluding tert-OH is 1. The maximum absolute atomic E-state index is 11.9. The second-order valence-corrected chi connectivity index (χ2v) is 4.73. The lowest BCUT2D eigenvalue weighted by atomic mass is 10.1. The van der Waals surface area contributed by atoms with Crippen LogP contribution >= 0.6 is 0 Å². The van der Waals surface area contributed by atoms with Crippen molar-refractivity contribution in [2.75, 3.05) is 11.9 Å². The molecule has 2 aromatic rings. The molecule has 0 aliphatic carbocycles. The van der Waals surface area contributed by atoms with Gasteiger partial charge in [-0.2, -0.15) is 0 Å². The summed E-state index contributed by atoms with van der Waals surface area (Å²) in [5.74, 6) is 0.262. The van der Waals surface area contributed by atoms with E-state index in [2.05, 4.69) is 10.3 Å². The summed E-state index contributed by atoms with van der Waals surface area (Å²) in [6.45, 7) is 3.75. The molecule has 0 radical (unpaired) electrons. The van der Waals surface area contributed by atoms with Gasteiger partial charge in [0.15, 0.2) is 6.61 Å². The number of pyridine rings is 1. The molecule has 0 unspecified atom stereocenters. The third kappa shape index (κ3) is 4.03. The van der Waals surface area contributed by atoms with Gasteiger partial charge < -0.3 is 15.2 Å². The van der Waals surface area contributed by atoms with Gasteiger partial charge in [0.1, 0.15) is 5.75 Å². The van der Waals surface area contributed by atoms with Crippen molar-refractivity contribution >= 4 is 11.6 Å². The quantitative estimate of drug-likeness (QED) is 0.884. The number of hydrogen-bond donors (Lipinski definition) is 2. The topological polar surface area (TPSA) is 71.5 Å². The number of benzene rings is 1. The maximum atomic E-state index is 11.9. The third-order valence-corrected chi connectivity index (χ3v) is 3.21. The first kappa shape index (κ1) is 15.0. The molecule has 0 aliphatic heterocycles. The fourth-order valence-electron chi connectivity index (χ4n) is 1.81. The number of aliphatic hydroxyl groups is 1. The Morgan fingerprint density at radius 2 is 2.10 bits per heavy atom. The summed E-state index contributed by atoms with van der Waals surface area (Å²) in [6, 6.07) is 9.08. The van der Waals surface area contributed by atoms with Crippen LogP contribution in [-0.4, -0.2) is 22.6 Å². The van der Waals surface area contributed by atoms with Gasteiger partial charge in [-0.3, -0.25) is 9.78 Å². The van der Waals surface area contributed by atoms with Gasteiger partial charge in [-0.25, -0.2) is 0 Å². The van der Waals surface area contributed by atoms with Crippen LogP contribution in [0.2, 0.25) is 0 Å². The van der Waals surface area contributed by atoms with Crippen molar-refractivity contribution in [1.29, 1.82) is 0 Å². The summed E-state index contributed by atoms with van der Waals surface area (Å²) in [7, 11) is 0. The number of rotatable bonds is 5.